The average Bonchev–Trinajstić information content (AvgIpc) is 3.60. The smallest absolute Gasteiger partial charge is 0.262 e. The van der Waals surface area contributed by atoms with Crippen molar-refractivity contribution >= 4 is 40.3 Å². The van der Waals surface area contributed by atoms with Crippen LogP contribution in [0.4, 0.5) is 17.1 Å². The van der Waals surface area contributed by atoms with Crippen molar-refractivity contribution in [3.63, 3.8) is 0 Å². The topological polar surface area (TPSA) is 74.7 Å². The van der Waals surface area contributed by atoms with E-state index in [1.54, 1.807) is 0 Å². The summed E-state index contributed by atoms with van der Waals surface area (Å²) in [6, 6.07) is 33.8. The summed E-state index contributed by atoms with van der Waals surface area (Å²) in [5, 5.41) is 7.11. The Kier molecular flexibility index (Phi) is 9.54. The maximum Gasteiger partial charge on any atom is 0.262 e. The predicted molar refractivity (Wildman–Crippen MR) is 194 cm³/mol. The lowest BCUT2D eigenvalue weighted by atomic mass is 9.96. The molecule has 6 rings (SSSR count). The standard InChI is InChI=1S/C38H40N6O2S/c1-5-42(6-2)29-19-21-30(22-20-29)43-26(3)24-33(27(43)4)37-36(34-14-10-11-23-39-34)41-38(47)44(37)31-17-15-28(16-18-31)40-35(45)25-46-32-12-8-7-9-13-32/h7-24,36-37H,5-6,25H2,1-4H3,(H,40,45)(H,41,47)/t36-,37-/m1/s1. The van der Waals surface area contributed by atoms with Gasteiger partial charge in [0.1, 0.15) is 5.75 Å². The molecule has 47 heavy (non-hydrogen) atoms. The fraction of sp³-hybridized carbons (Fsp3) is 0.237. The summed E-state index contributed by atoms with van der Waals surface area (Å²) in [6.45, 7) is 10.5. The maximum atomic E-state index is 12.6. The van der Waals surface area contributed by atoms with Crippen LogP contribution in [0.25, 0.3) is 5.69 Å². The molecule has 3 aromatic carbocycles. The average molecular weight is 645 g/mol. The summed E-state index contributed by atoms with van der Waals surface area (Å²) in [4.78, 5) is 21.8. The van der Waals surface area contributed by atoms with Gasteiger partial charge in [-0.1, -0.05) is 24.3 Å². The van der Waals surface area contributed by atoms with Crippen LogP contribution in [0, 0.1) is 13.8 Å². The number of hydrogen-bond acceptors (Lipinski definition) is 5. The minimum atomic E-state index is -0.231. The number of aryl methyl sites for hydroxylation is 1. The Balaban J connectivity index is 1.30. The number of para-hydroxylation sites is 1. The van der Waals surface area contributed by atoms with E-state index in [9.17, 15) is 4.79 Å². The quantitative estimate of drug-likeness (QED) is 0.144. The first-order chi connectivity index (χ1) is 22.9. The van der Waals surface area contributed by atoms with Crippen molar-refractivity contribution in [3.8, 4) is 11.4 Å². The first-order valence-corrected chi connectivity index (χ1v) is 16.4. The number of aromatic nitrogens is 2. The highest BCUT2D eigenvalue weighted by atomic mass is 32.1. The number of carbonyl (C=O) groups excluding carboxylic acids is 1. The van der Waals surface area contributed by atoms with E-state index in [1.807, 2.05) is 79.0 Å². The first kappa shape index (κ1) is 31.8. The molecule has 5 aromatic rings. The van der Waals surface area contributed by atoms with Gasteiger partial charge in [0.05, 0.1) is 17.8 Å². The zero-order valence-corrected chi connectivity index (χ0v) is 28.0. The number of pyridine rings is 1. The number of hydrogen-bond donors (Lipinski definition) is 2. The molecule has 1 amide bonds. The van der Waals surface area contributed by atoms with Crippen LogP contribution in [0.1, 0.15) is 48.6 Å². The molecule has 0 unspecified atom stereocenters. The van der Waals surface area contributed by atoms with Crippen LogP contribution in [0.3, 0.4) is 0 Å². The first-order valence-electron chi connectivity index (χ1n) is 16.0. The summed E-state index contributed by atoms with van der Waals surface area (Å²) in [6.07, 6.45) is 1.82. The largest absolute Gasteiger partial charge is 0.484 e. The van der Waals surface area contributed by atoms with Gasteiger partial charge in [-0.15, -0.1) is 0 Å². The van der Waals surface area contributed by atoms with Crippen molar-refractivity contribution in [3.05, 3.63) is 132 Å². The molecule has 1 aliphatic heterocycles. The molecule has 1 saturated heterocycles. The molecule has 0 bridgehead atoms. The van der Waals surface area contributed by atoms with Gasteiger partial charge in [-0.2, -0.15) is 0 Å². The van der Waals surface area contributed by atoms with Crippen LogP contribution in [0.5, 0.6) is 5.75 Å². The predicted octanol–water partition coefficient (Wildman–Crippen LogP) is 7.53. The van der Waals surface area contributed by atoms with E-state index in [1.165, 1.54) is 5.69 Å². The van der Waals surface area contributed by atoms with E-state index >= 15 is 0 Å². The number of carbonyl (C=O) groups is 1. The lowest BCUT2D eigenvalue weighted by Gasteiger charge is -2.28. The Morgan fingerprint density at radius 3 is 2.26 bits per heavy atom. The van der Waals surface area contributed by atoms with Gasteiger partial charge in [0, 0.05) is 53.4 Å². The van der Waals surface area contributed by atoms with Gasteiger partial charge in [0.2, 0.25) is 0 Å². The number of amides is 1. The third-order valence-corrected chi connectivity index (χ3v) is 8.98. The second-order valence-electron chi connectivity index (χ2n) is 11.5. The van der Waals surface area contributed by atoms with Crippen LogP contribution in [0.2, 0.25) is 0 Å². The van der Waals surface area contributed by atoms with Gasteiger partial charge in [-0.05, 0) is 124 Å². The molecule has 2 aromatic heterocycles. The zero-order valence-electron chi connectivity index (χ0n) is 27.2. The van der Waals surface area contributed by atoms with Crippen LogP contribution in [-0.2, 0) is 4.79 Å². The Hall–Kier alpha value is -5.15. The Morgan fingerprint density at radius 1 is 0.915 bits per heavy atom. The second-order valence-corrected chi connectivity index (χ2v) is 11.9. The molecule has 3 heterocycles. The molecule has 1 fully saturated rings. The zero-order chi connectivity index (χ0) is 32.9. The Bertz CT molecular complexity index is 1820. The van der Waals surface area contributed by atoms with E-state index in [2.05, 4.69) is 83.0 Å². The third-order valence-electron chi connectivity index (χ3n) is 8.67. The highest BCUT2D eigenvalue weighted by Gasteiger charge is 2.42. The number of anilines is 3. The minimum Gasteiger partial charge on any atom is -0.484 e. The van der Waals surface area contributed by atoms with E-state index < -0.39 is 0 Å². The molecule has 0 spiro atoms. The van der Waals surface area contributed by atoms with Crippen molar-refractivity contribution in [2.45, 2.75) is 39.8 Å². The van der Waals surface area contributed by atoms with Crippen LogP contribution in [-0.4, -0.2) is 40.3 Å². The van der Waals surface area contributed by atoms with Gasteiger partial charge in [0.15, 0.2) is 11.7 Å². The molecular weight excluding hydrogens is 605 g/mol. The lowest BCUT2D eigenvalue weighted by Crippen LogP contribution is -2.29. The highest BCUT2D eigenvalue weighted by molar-refractivity contribution is 7.80. The molecule has 0 radical (unpaired) electrons. The summed E-state index contributed by atoms with van der Waals surface area (Å²) >= 11 is 5.99. The van der Waals surface area contributed by atoms with Gasteiger partial charge in [0.25, 0.3) is 5.91 Å². The fourth-order valence-electron chi connectivity index (χ4n) is 6.40. The van der Waals surface area contributed by atoms with Gasteiger partial charge in [-0.3, -0.25) is 9.78 Å². The lowest BCUT2D eigenvalue weighted by molar-refractivity contribution is -0.118. The van der Waals surface area contributed by atoms with Crippen molar-refractivity contribution < 1.29 is 9.53 Å². The van der Waals surface area contributed by atoms with Crippen LogP contribution in [0.15, 0.2) is 109 Å². The number of ether oxygens (including phenoxy) is 1. The Morgan fingerprint density at radius 2 is 1.60 bits per heavy atom. The number of nitrogens with zero attached hydrogens (tertiary/aromatic N) is 4. The summed E-state index contributed by atoms with van der Waals surface area (Å²) in [5.74, 6) is 0.420. The van der Waals surface area contributed by atoms with Gasteiger partial charge in [-0.25, -0.2) is 0 Å². The summed E-state index contributed by atoms with van der Waals surface area (Å²) < 4.78 is 7.91. The molecule has 0 aliphatic carbocycles. The molecule has 2 atom stereocenters. The highest BCUT2D eigenvalue weighted by Crippen LogP contribution is 2.44. The number of nitrogens with one attached hydrogen (secondary N) is 2. The van der Waals surface area contributed by atoms with Crippen molar-refractivity contribution in [1.82, 2.24) is 14.9 Å². The SMILES string of the molecule is CCN(CC)c1ccc(-n2c(C)cc([C@@H]3[C@@H](c4ccccn4)NC(=S)N3c3ccc(NC(=O)COc4ccccc4)cc3)c2C)cc1. The van der Waals surface area contributed by atoms with Crippen LogP contribution < -0.4 is 25.2 Å². The molecule has 9 heteroatoms. The van der Waals surface area contributed by atoms with Crippen molar-refractivity contribution in [2.24, 2.45) is 0 Å². The number of thiocarbonyl (C=S) groups is 1. The summed E-state index contributed by atoms with van der Waals surface area (Å²) in [5.41, 5.74) is 8.29. The monoisotopic (exact) mass is 644 g/mol. The Labute approximate surface area is 282 Å². The van der Waals surface area contributed by atoms with E-state index in [0.717, 1.165) is 47.1 Å². The summed E-state index contributed by atoms with van der Waals surface area (Å²) in [7, 11) is 0. The maximum absolute atomic E-state index is 12.6. The molecule has 8 nitrogen and oxygen atoms in total. The van der Waals surface area contributed by atoms with E-state index in [-0.39, 0.29) is 24.6 Å². The molecular formula is C38H40N6O2S. The molecule has 0 saturated carbocycles. The van der Waals surface area contributed by atoms with Crippen LogP contribution >= 0.6 is 12.2 Å². The third kappa shape index (κ3) is 6.71. The normalized spacial score (nSPS) is 15.7. The fourth-order valence-corrected chi connectivity index (χ4v) is 6.75. The van der Waals surface area contributed by atoms with E-state index in [4.69, 9.17) is 21.9 Å². The molecule has 240 valence electrons. The van der Waals surface area contributed by atoms with Gasteiger partial charge < -0.3 is 29.7 Å². The second kappa shape index (κ2) is 14.1. The molecule has 2 N–H and O–H groups in total. The van der Waals surface area contributed by atoms with E-state index in [0.29, 0.717) is 16.5 Å². The molecule has 1 aliphatic rings. The minimum absolute atomic E-state index is 0.0759. The van der Waals surface area contributed by atoms with Crippen molar-refractivity contribution in [2.75, 3.05) is 34.8 Å². The number of benzene rings is 3. The van der Waals surface area contributed by atoms with Gasteiger partial charge >= 0.3 is 0 Å². The van der Waals surface area contributed by atoms with Crippen molar-refractivity contribution in [1.29, 1.82) is 0 Å². The number of rotatable bonds is 11.